The summed E-state index contributed by atoms with van der Waals surface area (Å²) in [7, 11) is 0. The number of hydrogen-bond donors (Lipinski definition) is 1. The smallest absolute Gasteiger partial charge is 0.164 e. The number of aliphatic hydroxyl groups excluding tert-OH is 1. The average molecular weight is 266 g/mol. The van der Waals surface area contributed by atoms with Gasteiger partial charge in [0.2, 0.25) is 0 Å². The molecule has 1 fully saturated rings. The van der Waals surface area contributed by atoms with Crippen molar-refractivity contribution in [3.63, 3.8) is 0 Å². The molecular weight excluding hydrogens is 236 g/mol. The fourth-order valence-electron chi connectivity index (χ4n) is 2.86. The zero-order valence-corrected chi connectivity index (χ0v) is 13.3. The van der Waals surface area contributed by atoms with E-state index in [0.29, 0.717) is 5.41 Å². The molecule has 0 aliphatic heterocycles. The second-order valence-corrected chi connectivity index (χ2v) is 7.17. The lowest BCUT2D eigenvalue weighted by Crippen LogP contribution is -2.34. The lowest BCUT2D eigenvalue weighted by molar-refractivity contribution is -0.125. The Labute approximate surface area is 118 Å². The maximum Gasteiger partial charge on any atom is 0.164 e. The number of aliphatic hydroxyl groups is 1. The molecule has 0 unspecified atom stereocenters. The first kappa shape index (κ1) is 16.3. The van der Waals surface area contributed by atoms with Gasteiger partial charge in [0.1, 0.15) is 0 Å². The Hall–Kier alpha value is -0.790. The van der Waals surface area contributed by atoms with E-state index in [4.69, 9.17) is 0 Å². The van der Waals surface area contributed by atoms with Gasteiger partial charge in [-0.1, -0.05) is 34.6 Å². The van der Waals surface area contributed by atoms with E-state index in [1.807, 2.05) is 13.8 Å². The number of carbonyl (C=O) groups is 1. The molecule has 2 nitrogen and oxygen atoms in total. The van der Waals surface area contributed by atoms with Crippen LogP contribution in [0.2, 0.25) is 0 Å². The van der Waals surface area contributed by atoms with Crippen LogP contribution in [0.25, 0.3) is 0 Å². The highest BCUT2D eigenvalue weighted by Crippen LogP contribution is 2.45. The first-order chi connectivity index (χ1) is 8.74. The van der Waals surface area contributed by atoms with Gasteiger partial charge in [-0.2, -0.15) is 0 Å². The van der Waals surface area contributed by atoms with Crippen LogP contribution in [0.1, 0.15) is 73.1 Å². The van der Waals surface area contributed by atoms with Crippen LogP contribution in [0.5, 0.6) is 0 Å². The summed E-state index contributed by atoms with van der Waals surface area (Å²) in [6.07, 6.45) is 7.34. The quantitative estimate of drug-likeness (QED) is 0.559. The fourth-order valence-corrected chi connectivity index (χ4v) is 2.86. The fraction of sp³-hybridized carbons (Fsp3) is 0.824. The molecule has 0 aromatic carbocycles. The first-order valence-corrected chi connectivity index (χ1v) is 7.69. The van der Waals surface area contributed by atoms with Gasteiger partial charge in [-0.15, -0.1) is 0 Å². The summed E-state index contributed by atoms with van der Waals surface area (Å²) in [5.41, 5.74) is 0.0937. The van der Waals surface area contributed by atoms with E-state index in [0.717, 1.165) is 38.5 Å². The van der Waals surface area contributed by atoms with Crippen LogP contribution < -0.4 is 0 Å². The normalized spacial score (nSPS) is 22.5. The van der Waals surface area contributed by atoms with Crippen LogP contribution in [0.3, 0.4) is 0 Å². The Balaban J connectivity index is 2.75. The minimum Gasteiger partial charge on any atom is -0.512 e. The molecule has 110 valence electrons. The highest BCUT2D eigenvalue weighted by atomic mass is 16.3. The molecule has 0 spiro atoms. The van der Waals surface area contributed by atoms with Crippen molar-refractivity contribution in [2.75, 3.05) is 0 Å². The topological polar surface area (TPSA) is 37.3 Å². The van der Waals surface area contributed by atoms with Crippen molar-refractivity contribution in [2.24, 2.45) is 16.7 Å². The van der Waals surface area contributed by atoms with E-state index in [-0.39, 0.29) is 22.9 Å². The summed E-state index contributed by atoms with van der Waals surface area (Å²) < 4.78 is 0. The molecule has 1 rings (SSSR count). The molecular formula is C17H30O2. The lowest BCUT2D eigenvalue weighted by atomic mass is 9.64. The van der Waals surface area contributed by atoms with Crippen molar-refractivity contribution < 1.29 is 9.90 Å². The Bertz CT molecular complexity index is 338. The monoisotopic (exact) mass is 266 g/mol. The largest absolute Gasteiger partial charge is 0.512 e. The van der Waals surface area contributed by atoms with Crippen LogP contribution in [0, 0.1) is 16.7 Å². The SMILES string of the molecule is CCC(CC)/C(O)=C/C(=O)C1(C)CCC(C)(C)CC1. The summed E-state index contributed by atoms with van der Waals surface area (Å²) in [6, 6.07) is 0. The van der Waals surface area contributed by atoms with Gasteiger partial charge in [0.15, 0.2) is 5.78 Å². The van der Waals surface area contributed by atoms with Gasteiger partial charge in [-0.25, -0.2) is 0 Å². The number of hydrogen-bond acceptors (Lipinski definition) is 2. The van der Waals surface area contributed by atoms with Crippen LogP contribution in [0.4, 0.5) is 0 Å². The Morgan fingerprint density at radius 2 is 1.58 bits per heavy atom. The van der Waals surface area contributed by atoms with Crippen molar-refractivity contribution in [3.05, 3.63) is 11.8 Å². The Morgan fingerprint density at radius 1 is 1.11 bits per heavy atom. The van der Waals surface area contributed by atoms with Crippen molar-refractivity contribution in [1.29, 1.82) is 0 Å². The molecule has 0 atom stereocenters. The number of carbonyl (C=O) groups excluding carboxylic acids is 1. The van der Waals surface area contributed by atoms with E-state index >= 15 is 0 Å². The maximum absolute atomic E-state index is 12.4. The molecule has 0 aromatic rings. The third-order valence-corrected chi connectivity index (χ3v) is 4.98. The molecule has 0 saturated heterocycles. The van der Waals surface area contributed by atoms with Crippen LogP contribution in [-0.4, -0.2) is 10.9 Å². The molecule has 1 N–H and O–H groups in total. The molecule has 1 saturated carbocycles. The molecule has 0 bridgehead atoms. The molecule has 2 heteroatoms. The van der Waals surface area contributed by atoms with Gasteiger partial charge in [-0.05, 0) is 43.9 Å². The third-order valence-electron chi connectivity index (χ3n) is 4.98. The van der Waals surface area contributed by atoms with Gasteiger partial charge in [0.25, 0.3) is 0 Å². The summed E-state index contributed by atoms with van der Waals surface area (Å²) >= 11 is 0. The number of allylic oxidation sites excluding steroid dienone is 2. The lowest BCUT2D eigenvalue weighted by Gasteiger charge is -2.40. The highest BCUT2D eigenvalue weighted by molar-refractivity contribution is 5.95. The Kier molecular flexibility index (Phi) is 5.23. The van der Waals surface area contributed by atoms with Crippen LogP contribution >= 0.6 is 0 Å². The second-order valence-electron chi connectivity index (χ2n) is 7.17. The number of rotatable bonds is 5. The minimum atomic E-state index is -0.268. The maximum atomic E-state index is 12.4. The van der Waals surface area contributed by atoms with Gasteiger partial charge in [0, 0.05) is 17.4 Å². The van der Waals surface area contributed by atoms with Crippen molar-refractivity contribution >= 4 is 5.78 Å². The van der Waals surface area contributed by atoms with Gasteiger partial charge >= 0.3 is 0 Å². The minimum absolute atomic E-state index is 0.118. The molecule has 0 aromatic heterocycles. The predicted octanol–water partition coefficient (Wildman–Crippen LogP) is 5.04. The summed E-state index contributed by atoms with van der Waals surface area (Å²) in [6.45, 7) is 10.7. The van der Waals surface area contributed by atoms with Gasteiger partial charge in [-0.3, -0.25) is 4.79 Å². The third kappa shape index (κ3) is 4.09. The van der Waals surface area contributed by atoms with E-state index in [1.54, 1.807) is 0 Å². The second kappa shape index (κ2) is 6.11. The molecule has 1 aliphatic rings. The van der Waals surface area contributed by atoms with Crippen molar-refractivity contribution in [1.82, 2.24) is 0 Å². The average Bonchev–Trinajstić information content (AvgIpc) is 2.35. The van der Waals surface area contributed by atoms with Crippen LogP contribution in [0.15, 0.2) is 11.8 Å². The zero-order valence-electron chi connectivity index (χ0n) is 13.3. The molecule has 19 heavy (non-hydrogen) atoms. The van der Waals surface area contributed by atoms with Gasteiger partial charge < -0.3 is 5.11 Å². The molecule has 0 radical (unpaired) electrons. The molecule has 0 heterocycles. The first-order valence-electron chi connectivity index (χ1n) is 7.69. The van der Waals surface area contributed by atoms with Crippen molar-refractivity contribution in [3.8, 4) is 0 Å². The summed E-state index contributed by atoms with van der Waals surface area (Å²) in [5, 5.41) is 10.1. The number of ketones is 1. The predicted molar refractivity (Wildman–Crippen MR) is 80.1 cm³/mol. The Morgan fingerprint density at radius 3 is 2.00 bits per heavy atom. The van der Waals surface area contributed by atoms with E-state index < -0.39 is 0 Å². The zero-order chi connectivity index (χ0) is 14.7. The van der Waals surface area contributed by atoms with Crippen molar-refractivity contribution in [2.45, 2.75) is 73.1 Å². The molecule has 0 amide bonds. The van der Waals surface area contributed by atoms with Crippen LogP contribution in [-0.2, 0) is 4.79 Å². The summed E-state index contributed by atoms with van der Waals surface area (Å²) in [5.74, 6) is 0.529. The summed E-state index contributed by atoms with van der Waals surface area (Å²) in [4.78, 5) is 12.4. The van der Waals surface area contributed by atoms with E-state index in [1.165, 1.54) is 6.08 Å². The van der Waals surface area contributed by atoms with E-state index in [9.17, 15) is 9.90 Å². The highest BCUT2D eigenvalue weighted by Gasteiger charge is 2.39. The van der Waals surface area contributed by atoms with E-state index in [2.05, 4.69) is 20.8 Å². The van der Waals surface area contributed by atoms with Gasteiger partial charge in [0.05, 0.1) is 5.76 Å². The molecule has 1 aliphatic carbocycles. The standard InChI is InChI=1S/C17H30O2/c1-6-13(7-2)14(18)12-15(19)17(5)10-8-16(3,4)9-11-17/h12-13,18H,6-11H2,1-5H3/b14-12-.